The van der Waals surface area contributed by atoms with E-state index in [1.54, 1.807) is 0 Å². The molecule has 0 aromatic heterocycles. The molecule has 0 aliphatic heterocycles. The molecule has 0 aromatic carbocycles. The zero-order valence-corrected chi connectivity index (χ0v) is 5.49. The largest absolute Gasteiger partial charge is 2.00 e. The first-order valence-corrected chi connectivity index (χ1v) is 1.96. The molecule has 0 aliphatic rings. The van der Waals surface area contributed by atoms with Crippen molar-refractivity contribution in [2.45, 2.75) is 0 Å². The van der Waals surface area contributed by atoms with Crippen LogP contribution in [-0.2, 0) is 0 Å². The molecule has 0 saturated carbocycles. The maximum Gasteiger partial charge on any atom is 2.00 e. The molecule has 0 bridgehead atoms. The van der Waals surface area contributed by atoms with Crippen LogP contribution in [0.1, 0.15) is 2.85 Å². The van der Waals surface area contributed by atoms with E-state index in [0.717, 1.165) is 0 Å². The summed E-state index contributed by atoms with van der Waals surface area (Å²) in [5, 5.41) is 0. The van der Waals surface area contributed by atoms with Crippen LogP contribution in [0.25, 0.3) is 0 Å². The average Bonchev–Trinajstić information content (AvgIpc) is 0.811. The predicted molar refractivity (Wildman–Crippen MR) is 20.7 cm³/mol. The quantitative estimate of drug-likeness (QED) is 0.408. The van der Waals surface area contributed by atoms with E-state index in [9.17, 15) is 10.6 Å². The van der Waals surface area contributed by atoms with Crippen LogP contribution in [0.4, 0.5) is 10.6 Å². The fraction of sp³-hybridized carbons (Fsp3) is 0. The molecule has 6 heavy (non-hydrogen) atoms. The summed E-state index contributed by atoms with van der Waals surface area (Å²) in [5.41, 5.74) is 0. The molecule has 0 rings (SSSR count). The molecular weight excluding hydrogens is 124 g/mol. The second-order valence-corrected chi connectivity index (χ2v) is 0.742. The normalized spacial score (nSPS) is 4.50. The fourth-order valence-electron chi connectivity index (χ4n) is 0. The van der Waals surface area contributed by atoms with Crippen LogP contribution in [0.15, 0.2) is 0 Å². The summed E-state index contributed by atoms with van der Waals surface area (Å²) >= 11 is -4.64. The Morgan fingerprint density at radius 3 is 1.17 bits per heavy atom. The van der Waals surface area contributed by atoms with Crippen LogP contribution in [0, 0.1) is 0 Å². The van der Waals surface area contributed by atoms with Crippen molar-refractivity contribution in [1.82, 2.24) is 0 Å². The molecule has 36 valence electrons. The zero-order valence-electron chi connectivity index (χ0n) is 4.92. The Kier molecular flexibility index (Phi) is 24.7. The molecule has 0 aliphatic carbocycles. The zero-order chi connectivity index (χ0) is 3.58. The molecule has 0 saturated heterocycles. The van der Waals surface area contributed by atoms with Gasteiger partial charge >= 0.3 is 38.6 Å². The summed E-state index contributed by atoms with van der Waals surface area (Å²) in [5.74, 6) is 0. The predicted octanol–water partition coefficient (Wildman–Crippen LogP) is -0.101. The Labute approximate surface area is 57.8 Å². The molecule has 2 N–H and O–H groups in total. The molecule has 0 aromatic rings. The van der Waals surface area contributed by atoms with Crippen molar-refractivity contribution < 1.29 is 18.9 Å². The van der Waals surface area contributed by atoms with Gasteiger partial charge < -0.3 is 18.9 Å². The molecule has 0 amide bonds. The van der Waals surface area contributed by atoms with Gasteiger partial charge in [-0.3, -0.25) is 0 Å². The number of rotatable bonds is 0. The summed E-state index contributed by atoms with van der Waals surface area (Å²) in [6.45, 7) is 0. The van der Waals surface area contributed by atoms with Gasteiger partial charge in [0, 0.05) is 0 Å². The first-order chi connectivity index (χ1) is 1.73. The average molecular weight is 128 g/mol. The first-order valence-electron chi connectivity index (χ1n) is 0.655. The third-order valence-electron chi connectivity index (χ3n) is 0. The summed E-state index contributed by atoms with van der Waals surface area (Å²) in [6, 6.07) is 0. The molecule has 0 atom stereocenters. The molecule has 0 spiro atoms. The number of halogens is 3. The second-order valence-electron chi connectivity index (χ2n) is 0.247. The minimum atomic E-state index is -4.64. The molecule has 1 nitrogen and oxygen atoms in total. The van der Waals surface area contributed by atoms with Crippen molar-refractivity contribution in [3.05, 3.63) is 0 Å². The van der Waals surface area contributed by atoms with Gasteiger partial charge in [0.2, 0.25) is 0 Å². The van der Waals surface area contributed by atoms with E-state index in [4.69, 9.17) is 0 Å². The second kappa shape index (κ2) is 9.41. The Balaban J connectivity index is -0.00000000750. The molecular formula is H4AlF3MgO. The van der Waals surface area contributed by atoms with E-state index >= 15 is 0 Å². The van der Waals surface area contributed by atoms with Gasteiger partial charge in [-0.2, -0.15) is 0 Å². The SMILES string of the molecule is O.[F][Al]([F])[F].[H-].[H-].[Mg+2]. The van der Waals surface area contributed by atoms with Gasteiger partial charge in [0.05, 0.1) is 0 Å². The molecule has 0 radical (unpaired) electrons. The summed E-state index contributed by atoms with van der Waals surface area (Å²) in [6.07, 6.45) is 0. The number of hydrogen-bond donors (Lipinski definition) is 0. The minimum Gasteiger partial charge on any atom is -1.00 e. The van der Waals surface area contributed by atoms with Crippen LogP contribution >= 0.6 is 0 Å². The Hall–Kier alpha value is 1.05. The molecule has 0 fully saturated rings. The molecule has 0 heterocycles. The van der Waals surface area contributed by atoms with Crippen LogP contribution in [0.3, 0.4) is 0 Å². The molecule has 0 unspecified atom stereocenters. The Morgan fingerprint density at radius 1 is 1.17 bits per heavy atom. The Bertz CT molecular complexity index is 22.0. The van der Waals surface area contributed by atoms with Crippen LogP contribution in [0.5, 0.6) is 0 Å². The van der Waals surface area contributed by atoms with Gasteiger partial charge in [-0.05, 0) is 0 Å². The van der Waals surface area contributed by atoms with Gasteiger partial charge in [-0.25, -0.2) is 0 Å². The number of hydrogen-bond acceptors (Lipinski definition) is 0. The van der Waals surface area contributed by atoms with E-state index in [1.807, 2.05) is 0 Å². The first kappa shape index (κ1) is 15.7. The van der Waals surface area contributed by atoms with Gasteiger partial charge in [-0.1, -0.05) is 0 Å². The van der Waals surface area contributed by atoms with E-state index in [2.05, 4.69) is 0 Å². The van der Waals surface area contributed by atoms with Crippen molar-refractivity contribution in [2.24, 2.45) is 0 Å². The van der Waals surface area contributed by atoms with Crippen molar-refractivity contribution in [3.63, 3.8) is 0 Å². The molecule has 6 heteroatoms. The topological polar surface area (TPSA) is 31.5 Å². The van der Waals surface area contributed by atoms with E-state index in [1.165, 1.54) is 0 Å². The van der Waals surface area contributed by atoms with E-state index in [-0.39, 0.29) is 31.4 Å². The van der Waals surface area contributed by atoms with Crippen LogP contribution in [0.2, 0.25) is 0 Å². The van der Waals surface area contributed by atoms with Crippen molar-refractivity contribution in [1.29, 1.82) is 0 Å². The van der Waals surface area contributed by atoms with Crippen molar-refractivity contribution >= 4 is 38.6 Å². The maximum absolute atomic E-state index is 9.81. The third kappa shape index (κ3) is 75.3. The van der Waals surface area contributed by atoms with E-state index < -0.39 is 15.5 Å². The van der Waals surface area contributed by atoms with Gasteiger partial charge in [0.25, 0.3) is 0 Å². The summed E-state index contributed by atoms with van der Waals surface area (Å²) < 4.78 is 29.4. The Morgan fingerprint density at radius 2 is 1.17 bits per heavy atom. The maximum atomic E-state index is 9.81. The summed E-state index contributed by atoms with van der Waals surface area (Å²) in [4.78, 5) is 0. The van der Waals surface area contributed by atoms with E-state index in [0.29, 0.717) is 0 Å². The minimum absolute atomic E-state index is 0. The third-order valence-corrected chi connectivity index (χ3v) is 0. The monoisotopic (exact) mass is 128 g/mol. The smallest absolute Gasteiger partial charge is 1.00 e. The van der Waals surface area contributed by atoms with Crippen molar-refractivity contribution in [2.75, 3.05) is 0 Å². The summed E-state index contributed by atoms with van der Waals surface area (Å²) in [7, 11) is 0. The van der Waals surface area contributed by atoms with Crippen LogP contribution in [-0.4, -0.2) is 44.1 Å². The van der Waals surface area contributed by atoms with Crippen molar-refractivity contribution in [3.8, 4) is 0 Å². The van der Waals surface area contributed by atoms with Gasteiger partial charge in [0.15, 0.2) is 0 Å². The fourth-order valence-corrected chi connectivity index (χ4v) is 0. The van der Waals surface area contributed by atoms with Gasteiger partial charge in [-0.15, -0.1) is 0 Å². The van der Waals surface area contributed by atoms with Crippen LogP contribution < -0.4 is 0 Å². The van der Waals surface area contributed by atoms with Gasteiger partial charge in [0.1, 0.15) is 0 Å². The standard InChI is InChI=1S/Al.3FH.Mg.H2O.2H/h;3*1H;;1H2;;/q+3;;;;+2;;2*-1/p-3.